The first-order valence-electron chi connectivity index (χ1n) is 4.64. The molecule has 0 saturated heterocycles. The van der Waals surface area contributed by atoms with Crippen molar-refractivity contribution < 1.29 is 27.7 Å². The molecule has 0 rings (SSSR count). The lowest BCUT2D eigenvalue weighted by molar-refractivity contribution is -0.149. The van der Waals surface area contributed by atoms with E-state index >= 15 is 0 Å². The van der Waals surface area contributed by atoms with Gasteiger partial charge in [0.25, 0.3) is 0 Å². The first-order chi connectivity index (χ1) is 6.99. The number of carbonyl (C=O) groups excluding carboxylic acids is 1. The average Bonchev–Trinajstić information content (AvgIpc) is 2.16. The van der Waals surface area contributed by atoms with E-state index in [0.717, 1.165) is 0 Å². The standard InChI is InChI=1S/C8H17O6P/c1-5-12-15(10,13-6-2)14-7(3)8(9)11-4/h7H,5-6H2,1-4H3. The minimum atomic E-state index is -3.64. The van der Waals surface area contributed by atoms with Gasteiger partial charge in [0, 0.05) is 0 Å². The minimum absolute atomic E-state index is 0.172. The van der Waals surface area contributed by atoms with E-state index in [1.165, 1.54) is 14.0 Å². The Morgan fingerprint density at radius 2 is 1.73 bits per heavy atom. The molecule has 0 aromatic heterocycles. The lowest BCUT2D eigenvalue weighted by Crippen LogP contribution is -2.22. The first kappa shape index (κ1) is 14.6. The van der Waals surface area contributed by atoms with Gasteiger partial charge in [-0.15, -0.1) is 0 Å². The van der Waals surface area contributed by atoms with Gasteiger partial charge in [-0.25, -0.2) is 9.36 Å². The van der Waals surface area contributed by atoms with Crippen LogP contribution in [0.2, 0.25) is 0 Å². The summed E-state index contributed by atoms with van der Waals surface area (Å²) in [7, 11) is -2.43. The normalized spacial score (nSPS) is 13.6. The molecule has 6 nitrogen and oxygen atoms in total. The fourth-order valence-electron chi connectivity index (χ4n) is 0.817. The van der Waals surface area contributed by atoms with Crippen molar-refractivity contribution in [3.05, 3.63) is 0 Å². The van der Waals surface area contributed by atoms with Crippen LogP contribution in [0.5, 0.6) is 0 Å². The fraction of sp³-hybridized carbons (Fsp3) is 0.875. The van der Waals surface area contributed by atoms with E-state index in [-0.39, 0.29) is 13.2 Å². The second kappa shape index (κ2) is 6.95. The highest BCUT2D eigenvalue weighted by molar-refractivity contribution is 7.48. The van der Waals surface area contributed by atoms with Crippen LogP contribution < -0.4 is 0 Å². The number of ether oxygens (including phenoxy) is 1. The Hall–Kier alpha value is -0.420. The number of carbonyl (C=O) groups is 1. The van der Waals surface area contributed by atoms with Gasteiger partial charge in [0.15, 0.2) is 6.10 Å². The number of esters is 1. The average molecular weight is 240 g/mol. The van der Waals surface area contributed by atoms with Crippen LogP contribution in [0.1, 0.15) is 20.8 Å². The number of phosphoric ester groups is 1. The highest BCUT2D eigenvalue weighted by atomic mass is 31.2. The van der Waals surface area contributed by atoms with Crippen molar-refractivity contribution in [2.45, 2.75) is 26.9 Å². The molecule has 0 aliphatic carbocycles. The third kappa shape index (κ3) is 5.28. The van der Waals surface area contributed by atoms with E-state index in [0.29, 0.717) is 0 Å². The summed E-state index contributed by atoms with van der Waals surface area (Å²) in [6.07, 6.45) is -0.987. The molecule has 0 fully saturated rings. The first-order valence-corrected chi connectivity index (χ1v) is 6.10. The Labute approximate surface area is 89.5 Å². The second-order valence-electron chi connectivity index (χ2n) is 2.55. The van der Waals surface area contributed by atoms with E-state index in [2.05, 4.69) is 4.74 Å². The molecule has 7 heteroatoms. The lowest BCUT2D eigenvalue weighted by atomic mass is 10.4. The molecule has 0 aromatic carbocycles. The van der Waals surface area contributed by atoms with Gasteiger partial charge in [-0.2, -0.15) is 0 Å². The summed E-state index contributed by atoms with van der Waals surface area (Å²) in [5.74, 6) is -0.630. The summed E-state index contributed by atoms with van der Waals surface area (Å²) < 4.78 is 30.8. The van der Waals surface area contributed by atoms with Crippen LogP contribution in [0.3, 0.4) is 0 Å². The van der Waals surface area contributed by atoms with E-state index in [4.69, 9.17) is 13.6 Å². The number of rotatable bonds is 7. The van der Waals surface area contributed by atoms with Crippen molar-refractivity contribution in [2.75, 3.05) is 20.3 Å². The summed E-state index contributed by atoms with van der Waals surface area (Å²) in [6.45, 7) is 5.06. The van der Waals surface area contributed by atoms with Gasteiger partial charge in [0.05, 0.1) is 20.3 Å². The summed E-state index contributed by atoms with van der Waals surface area (Å²) >= 11 is 0. The zero-order valence-electron chi connectivity index (χ0n) is 9.39. The number of hydrogen-bond donors (Lipinski definition) is 0. The third-order valence-electron chi connectivity index (χ3n) is 1.39. The van der Waals surface area contributed by atoms with Gasteiger partial charge in [0.2, 0.25) is 0 Å². The van der Waals surface area contributed by atoms with E-state index in [9.17, 15) is 9.36 Å². The molecule has 90 valence electrons. The van der Waals surface area contributed by atoms with Gasteiger partial charge >= 0.3 is 13.8 Å². The maximum Gasteiger partial charge on any atom is 0.475 e. The quantitative estimate of drug-likeness (QED) is 0.498. The third-order valence-corrected chi connectivity index (χ3v) is 3.12. The predicted octanol–water partition coefficient (Wildman–Crippen LogP) is 1.75. The molecule has 0 spiro atoms. The van der Waals surface area contributed by atoms with Gasteiger partial charge in [0.1, 0.15) is 0 Å². The van der Waals surface area contributed by atoms with Crippen molar-refractivity contribution in [2.24, 2.45) is 0 Å². The van der Waals surface area contributed by atoms with Crippen LogP contribution in [0, 0.1) is 0 Å². The maximum absolute atomic E-state index is 11.8. The Kier molecular flexibility index (Phi) is 6.76. The predicted molar refractivity (Wildman–Crippen MR) is 53.4 cm³/mol. The van der Waals surface area contributed by atoms with Crippen molar-refractivity contribution in [3.8, 4) is 0 Å². The molecular weight excluding hydrogens is 223 g/mol. The van der Waals surface area contributed by atoms with Gasteiger partial charge in [-0.1, -0.05) is 0 Å². The van der Waals surface area contributed by atoms with Crippen LogP contribution >= 0.6 is 7.82 Å². The SMILES string of the molecule is CCOP(=O)(OCC)OC(C)C(=O)OC. The van der Waals surface area contributed by atoms with Gasteiger partial charge in [-0.05, 0) is 20.8 Å². The van der Waals surface area contributed by atoms with Crippen molar-refractivity contribution in [1.82, 2.24) is 0 Å². The van der Waals surface area contributed by atoms with Crippen LogP contribution in [0.4, 0.5) is 0 Å². The highest BCUT2D eigenvalue weighted by Gasteiger charge is 2.31. The van der Waals surface area contributed by atoms with E-state index < -0.39 is 19.9 Å². The van der Waals surface area contributed by atoms with Gasteiger partial charge in [-0.3, -0.25) is 13.6 Å². The Morgan fingerprint density at radius 1 is 1.27 bits per heavy atom. The summed E-state index contributed by atoms with van der Waals surface area (Å²) in [6, 6.07) is 0. The van der Waals surface area contributed by atoms with Crippen molar-refractivity contribution in [1.29, 1.82) is 0 Å². The van der Waals surface area contributed by atoms with Gasteiger partial charge < -0.3 is 4.74 Å². The molecule has 0 bridgehead atoms. The molecule has 0 radical (unpaired) electrons. The lowest BCUT2D eigenvalue weighted by Gasteiger charge is -2.19. The van der Waals surface area contributed by atoms with Crippen molar-refractivity contribution >= 4 is 13.8 Å². The minimum Gasteiger partial charge on any atom is -0.467 e. The molecule has 0 aliphatic rings. The molecule has 0 heterocycles. The van der Waals surface area contributed by atoms with E-state index in [1.807, 2.05) is 0 Å². The largest absolute Gasteiger partial charge is 0.475 e. The topological polar surface area (TPSA) is 71.1 Å². The molecule has 15 heavy (non-hydrogen) atoms. The molecule has 0 N–H and O–H groups in total. The zero-order valence-corrected chi connectivity index (χ0v) is 10.3. The summed E-state index contributed by atoms with van der Waals surface area (Å²) in [5.41, 5.74) is 0. The molecule has 0 aromatic rings. The second-order valence-corrected chi connectivity index (χ2v) is 4.18. The van der Waals surface area contributed by atoms with Crippen LogP contribution in [-0.4, -0.2) is 32.4 Å². The molecular formula is C8H17O6P. The molecule has 1 atom stereocenters. The van der Waals surface area contributed by atoms with Crippen LogP contribution in [0.15, 0.2) is 0 Å². The Balaban J connectivity index is 4.40. The summed E-state index contributed by atoms with van der Waals surface area (Å²) in [5, 5.41) is 0. The molecule has 0 saturated carbocycles. The molecule has 0 aliphatic heterocycles. The highest BCUT2D eigenvalue weighted by Crippen LogP contribution is 2.50. The molecule has 0 amide bonds. The maximum atomic E-state index is 11.8. The van der Waals surface area contributed by atoms with Crippen LogP contribution in [0.25, 0.3) is 0 Å². The van der Waals surface area contributed by atoms with Crippen LogP contribution in [-0.2, 0) is 27.7 Å². The number of hydrogen-bond acceptors (Lipinski definition) is 6. The molecule has 1 unspecified atom stereocenters. The summed E-state index contributed by atoms with van der Waals surface area (Å²) in [4.78, 5) is 11.0. The zero-order chi connectivity index (χ0) is 11.9. The Bertz CT molecular complexity index is 231. The number of methoxy groups -OCH3 is 1. The Morgan fingerprint density at radius 3 is 2.07 bits per heavy atom. The monoisotopic (exact) mass is 240 g/mol. The smallest absolute Gasteiger partial charge is 0.467 e. The van der Waals surface area contributed by atoms with Crippen molar-refractivity contribution in [3.63, 3.8) is 0 Å². The fourth-order valence-corrected chi connectivity index (χ4v) is 2.12. The van der Waals surface area contributed by atoms with E-state index in [1.54, 1.807) is 13.8 Å². The number of phosphoric acid groups is 1.